The Bertz CT molecular complexity index is 529. The zero-order chi connectivity index (χ0) is 15.5. The summed E-state index contributed by atoms with van der Waals surface area (Å²) in [7, 11) is 1.13. The number of hydrogen-bond acceptors (Lipinski definition) is 4. The van der Waals surface area contributed by atoms with E-state index < -0.39 is 23.2 Å². The van der Waals surface area contributed by atoms with Gasteiger partial charge in [-0.1, -0.05) is 6.92 Å². The van der Waals surface area contributed by atoms with Crippen LogP contribution in [0.2, 0.25) is 0 Å². The minimum atomic E-state index is -1.18. The summed E-state index contributed by atoms with van der Waals surface area (Å²) < 4.78 is 32.2. The van der Waals surface area contributed by atoms with Crippen LogP contribution in [0.15, 0.2) is 12.1 Å². The summed E-state index contributed by atoms with van der Waals surface area (Å²) in [6, 6.07) is 2.60. The number of methoxy groups -OCH3 is 1. The number of carbonyl (C=O) groups excluding carboxylic acids is 1. The molecular formula is C15H20F2N2O2. The fourth-order valence-corrected chi connectivity index (χ4v) is 2.47. The first-order valence-electron chi connectivity index (χ1n) is 6.98. The molecule has 1 aliphatic heterocycles. The Kier molecular flexibility index (Phi) is 4.77. The quantitative estimate of drug-likeness (QED) is 0.839. The summed E-state index contributed by atoms with van der Waals surface area (Å²) in [5, 5.41) is 6.22. The molecule has 116 valence electrons. The number of piperidine rings is 1. The zero-order valence-corrected chi connectivity index (χ0v) is 12.3. The molecular weight excluding hydrogens is 278 g/mol. The number of hydrogen-bond donors (Lipinski definition) is 2. The standard InChI is InChI=1S/C15H20F2N2O2/c1-15(5-7-18-8-6-15)9-19-11-4-3-10(14(20)21-2)12(16)13(11)17/h3-4,18-19H,5-9H2,1-2H3. The van der Waals surface area contributed by atoms with Crippen molar-refractivity contribution in [1.82, 2.24) is 5.32 Å². The number of esters is 1. The van der Waals surface area contributed by atoms with Gasteiger partial charge < -0.3 is 15.4 Å². The highest BCUT2D eigenvalue weighted by Crippen LogP contribution is 2.29. The number of halogens is 2. The molecule has 6 heteroatoms. The first kappa shape index (κ1) is 15.7. The van der Waals surface area contributed by atoms with Crippen LogP contribution in [0.25, 0.3) is 0 Å². The molecule has 1 aliphatic rings. The summed E-state index contributed by atoms with van der Waals surface area (Å²) in [6.45, 7) is 4.53. The molecule has 2 N–H and O–H groups in total. The predicted molar refractivity (Wildman–Crippen MR) is 76.4 cm³/mol. The van der Waals surface area contributed by atoms with Crippen LogP contribution in [-0.2, 0) is 4.74 Å². The average Bonchev–Trinajstić information content (AvgIpc) is 2.49. The Balaban J connectivity index is 2.10. The number of carbonyl (C=O) groups is 1. The van der Waals surface area contributed by atoms with Gasteiger partial charge in [0.25, 0.3) is 0 Å². The molecule has 4 nitrogen and oxygen atoms in total. The first-order chi connectivity index (χ1) is 9.97. The van der Waals surface area contributed by atoms with Crippen LogP contribution in [0.4, 0.5) is 14.5 Å². The van der Waals surface area contributed by atoms with Crippen molar-refractivity contribution < 1.29 is 18.3 Å². The minimum absolute atomic E-state index is 0.0508. The Labute approximate surface area is 122 Å². The molecule has 21 heavy (non-hydrogen) atoms. The highest BCUT2D eigenvalue weighted by molar-refractivity contribution is 5.90. The van der Waals surface area contributed by atoms with E-state index in [4.69, 9.17) is 0 Å². The number of benzene rings is 1. The second-order valence-corrected chi connectivity index (χ2v) is 5.69. The molecule has 0 atom stereocenters. The van der Waals surface area contributed by atoms with Crippen molar-refractivity contribution in [3.05, 3.63) is 29.3 Å². The third-order valence-corrected chi connectivity index (χ3v) is 4.00. The maximum Gasteiger partial charge on any atom is 0.340 e. The zero-order valence-electron chi connectivity index (χ0n) is 12.3. The van der Waals surface area contributed by atoms with Gasteiger partial charge in [-0.3, -0.25) is 0 Å². The van der Waals surface area contributed by atoms with E-state index in [1.165, 1.54) is 12.1 Å². The van der Waals surface area contributed by atoms with Gasteiger partial charge >= 0.3 is 5.97 Å². The van der Waals surface area contributed by atoms with Crippen LogP contribution in [-0.4, -0.2) is 32.7 Å². The molecule has 1 aromatic carbocycles. The molecule has 0 radical (unpaired) electrons. The fraction of sp³-hybridized carbons (Fsp3) is 0.533. The lowest BCUT2D eigenvalue weighted by Crippen LogP contribution is -2.39. The maximum absolute atomic E-state index is 14.0. The summed E-state index contributed by atoms with van der Waals surface area (Å²) in [5.41, 5.74) is -0.275. The van der Waals surface area contributed by atoms with Crippen LogP contribution in [0.1, 0.15) is 30.1 Å². The summed E-state index contributed by atoms with van der Waals surface area (Å²) in [4.78, 5) is 11.3. The number of nitrogens with one attached hydrogen (secondary N) is 2. The van der Waals surface area contributed by atoms with E-state index in [0.717, 1.165) is 33.0 Å². The summed E-state index contributed by atoms with van der Waals surface area (Å²) in [6.07, 6.45) is 1.95. The maximum atomic E-state index is 14.0. The van der Waals surface area contributed by atoms with Crippen molar-refractivity contribution in [3.8, 4) is 0 Å². The predicted octanol–water partition coefficient (Wildman–Crippen LogP) is 2.55. The lowest BCUT2D eigenvalue weighted by atomic mass is 9.81. The first-order valence-corrected chi connectivity index (χ1v) is 6.98. The Morgan fingerprint density at radius 1 is 1.33 bits per heavy atom. The third kappa shape index (κ3) is 3.50. The van der Waals surface area contributed by atoms with Gasteiger partial charge in [-0.05, 0) is 43.5 Å². The van der Waals surface area contributed by atoms with Crippen molar-refractivity contribution in [2.24, 2.45) is 5.41 Å². The SMILES string of the molecule is COC(=O)c1ccc(NCC2(C)CCNCC2)c(F)c1F. The van der Waals surface area contributed by atoms with Gasteiger partial charge in [-0.2, -0.15) is 0 Å². The third-order valence-electron chi connectivity index (χ3n) is 4.00. The van der Waals surface area contributed by atoms with Crippen molar-refractivity contribution >= 4 is 11.7 Å². The van der Waals surface area contributed by atoms with E-state index >= 15 is 0 Å². The molecule has 1 saturated heterocycles. The van der Waals surface area contributed by atoms with Crippen LogP contribution in [0, 0.1) is 17.0 Å². The molecule has 1 heterocycles. The van der Waals surface area contributed by atoms with E-state index in [-0.39, 0.29) is 11.1 Å². The molecule has 0 amide bonds. The topological polar surface area (TPSA) is 50.4 Å². The van der Waals surface area contributed by atoms with Crippen molar-refractivity contribution in [2.45, 2.75) is 19.8 Å². The van der Waals surface area contributed by atoms with Crippen molar-refractivity contribution in [2.75, 3.05) is 32.1 Å². The Morgan fingerprint density at radius 2 is 2.00 bits per heavy atom. The molecule has 2 rings (SSSR count). The average molecular weight is 298 g/mol. The van der Waals surface area contributed by atoms with E-state index in [1.807, 2.05) is 0 Å². The highest BCUT2D eigenvalue weighted by atomic mass is 19.2. The normalized spacial score (nSPS) is 17.3. The van der Waals surface area contributed by atoms with Gasteiger partial charge in [0.2, 0.25) is 0 Å². The number of rotatable bonds is 4. The van der Waals surface area contributed by atoms with Crippen LogP contribution in [0.3, 0.4) is 0 Å². The van der Waals surface area contributed by atoms with Gasteiger partial charge in [0.1, 0.15) is 0 Å². The second kappa shape index (κ2) is 6.39. The fourth-order valence-electron chi connectivity index (χ4n) is 2.47. The lowest BCUT2D eigenvalue weighted by Gasteiger charge is -2.34. The molecule has 0 aromatic heterocycles. The molecule has 1 fully saturated rings. The molecule has 0 saturated carbocycles. The van der Waals surface area contributed by atoms with Crippen molar-refractivity contribution in [3.63, 3.8) is 0 Å². The Morgan fingerprint density at radius 3 is 2.62 bits per heavy atom. The van der Waals surface area contributed by atoms with E-state index in [1.54, 1.807) is 0 Å². The molecule has 0 aliphatic carbocycles. The van der Waals surface area contributed by atoms with Crippen LogP contribution >= 0.6 is 0 Å². The second-order valence-electron chi connectivity index (χ2n) is 5.69. The minimum Gasteiger partial charge on any atom is -0.465 e. The van der Waals surface area contributed by atoms with E-state index in [0.29, 0.717) is 6.54 Å². The van der Waals surface area contributed by atoms with E-state index in [9.17, 15) is 13.6 Å². The lowest BCUT2D eigenvalue weighted by molar-refractivity contribution is 0.0594. The largest absolute Gasteiger partial charge is 0.465 e. The smallest absolute Gasteiger partial charge is 0.340 e. The monoisotopic (exact) mass is 298 g/mol. The molecule has 0 spiro atoms. The van der Waals surface area contributed by atoms with Gasteiger partial charge in [0.05, 0.1) is 18.4 Å². The molecule has 1 aromatic rings. The Hall–Kier alpha value is -1.69. The highest BCUT2D eigenvalue weighted by Gasteiger charge is 2.27. The number of anilines is 1. The van der Waals surface area contributed by atoms with Crippen LogP contribution in [0.5, 0.6) is 0 Å². The van der Waals surface area contributed by atoms with Gasteiger partial charge in [-0.15, -0.1) is 0 Å². The van der Waals surface area contributed by atoms with Crippen LogP contribution < -0.4 is 10.6 Å². The number of ether oxygens (including phenoxy) is 1. The molecule has 0 unspecified atom stereocenters. The van der Waals surface area contributed by atoms with Gasteiger partial charge in [0.15, 0.2) is 11.6 Å². The molecule has 0 bridgehead atoms. The van der Waals surface area contributed by atoms with E-state index in [2.05, 4.69) is 22.3 Å². The summed E-state index contributed by atoms with van der Waals surface area (Å²) >= 11 is 0. The summed E-state index contributed by atoms with van der Waals surface area (Å²) in [5.74, 6) is -3.11. The van der Waals surface area contributed by atoms with Gasteiger partial charge in [0, 0.05) is 6.54 Å². The van der Waals surface area contributed by atoms with Crippen molar-refractivity contribution in [1.29, 1.82) is 0 Å². The van der Waals surface area contributed by atoms with Gasteiger partial charge in [-0.25, -0.2) is 13.6 Å².